The van der Waals surface area contributed by atoms with Gasteiger partial charge in [-0.15, -0.1) is 0 Å². The number of anilines is 1. The van der Waals surface area contributed by atoms with Gasteiger partial charge in [-0.25, -0.2) is 15.0 Å². The van der Waals surface area contributed by atoms with Crippen LogP contribution in [-0.4, -0.2) is 60.2 Å². The van der Waals surface area contributed by atoms with E-state index in [1.165, 1.54) is 0 Å². The van der Waals surface area contributed by atoms with Crippen LogP contribution in [0.15, 0.2) is 60.4 Å². The lowest BCUT2D eigenvalue weighted by molar-refractivity contribution is 0.358. The molecule has 1 aromatic heterocycles. The number of ether oxygens (including phenoxy) is 1. The number of nitrogens with zero attached hydrogens (tertiary/aromatic N) is 5. The smallest absolute Gasteiger partial charge is 0.225 e. The average molecular weight is 380 g/mol. The van der Waals surface area contributed by atoms with Crippen molar-refractivity contribution in [1.82, 2.24) is 20.2 Å². The lowest BCUT2D eigenvalue weighted by Gasteiger charge is -2.36. The third-order valence-electron chi connectivity index (χ3n) is 4.48. The maximum absolute atomic E-state index is 5.75. The minimum atomic E-state index is 0.490. The molecular formula is C21H28N6O. The highest BCUT2D eigenvalue weighted by Crippen LogP contribution is 2.19. The molecule has 0 bridgehead atoms. The Morgan fingerprint density at radius 2 is 1.93 bits per heavy atom. The molecule has 7 heteroatoms. The molecule has 0 amide bonds. The summed E-state index contributed by atoms with van der Waals surface area (Å²) in [6, 6.07) is 9.85. The summed E-state index contributed by atoms with van der Waals surface area (Å²) in [5.74, 6) is 2.57. The van der Waals surface area contributed by atoms with Crippen molar-refractivity contribution in [3.63, 3.8) is 0 Å². The minimum absolute atomic E-state index is 0.490. The third kappa shape index (κ3) is 5.22. The van der Waals surface area contributed by atoms with E-state index in [4.69, 9.17) is 9.73 Å². The van der Waals surface area contributed by atoms with E-state index in [0.717, 1.165) is 55.9 Å². The number of hydrogen-bond donors (Lipinski definition) is 1. The van der Waals surface area contributed by atoms with Crippen molar-refractivity contribution in [2.45, 2.75) is 13.5 Å². The van der Waals surface area contributed by atoms with Gasteiger partial charge in [0, 0.05) is 50.7 Å². The number of nitrogens with one attached hydrogen (secondary N) is 1. The molecule has 0 radical (unpaired) electrons. The molecule has 0 unspecified atom stereocenters. The molecular weight excluding hydrogens is 352 g/mol. The quantitative estimate of drug-likeness (QED) is 0.452. The zero-order chi connectivity index (χ0) is 19.6. The van der Waals surface area contributed by atoms with Gasteiger partial charge in [-0.1, -0.05) is 30.9 Å². The van der Waals surface area contributed by atoms with Crippen molar-refractivity contribution in [2.24, 2.45) is 4.99 Å². The van der Waals surface area contributed by atoms with Crippen LogP contribution in [0.5, 0.6) is 5.75 Å². The van der Waals surface area contributed by atoms with E-state index in [1.807, 2.05) is 24.3 Å². The molecule has 2 aromatic rings. The fraction of sp³-hybridized carbons (Fsp3) is 0.381. The van der Waals surface area contributed by atoms with Gasteiger partial charge in [-0.05, 0) is 19.1 Å². The predicted molar refractivity (Wildman–Crippen MR) is 113 cm³/mol. The molecule has 28 heavy (non-hydrogen) atoms. The summed E-state index contributed by atoms with van der Waals surface area (Å²) in [5, 5.41) is 3.41. The van der Waals surface area contributed by atoms with Crippen molar-refractivity contribution in [2.75, 3.05) is 44.2 Å². The molecule has 1 fully saturated rings. The first kappa shape index (κ1) is 19.7. The number of guanidine groups is 1. The number of aliphatic imine (C=N–C) groups is 1. The molecule has 0 saturated carbocycles. The fourth-order valence-corrected chi connectivity index (χ4v) is 3.08. The summed E-state index contributed by atoms with van der Waals surface area (Å²) >= 11 is 0. The zero-order valence-corrected chi connectivity index (χ0v) is 16.4. The summed E-state index contributed by atoms with van der Waals surface area (Å²) in [7, 11) is 0. The molecule has 7 nitrogen and oxygen atoms in total. The van der Waals surface area contributed by atoms with Crippen LogP contribution in [0.2, 0.25) is 0 Å². The van der Waals surface area contributed by atoms with Gasteiger partial charge < -0.3 is 19.9 Å². The molecule has 1 aliphatic heterocycles. The minimum Gasteiger partial charge on any atom is -0.489 e. The van der Waals surface area contributed by atoms with Crippen LogP contribution in [0.1, 0.15) is 12.5 Å². The van der Waals surface area contributed by atoms with Gasteiger partial charge in [0.05, 0.1) is 6.54 Å². The lowest BCUT2D eigenvalue weighted by Crippen LogP contribution is -2.52. The first-order valence-electron chi connectivity index (χ1n) is 9.68. The van der Waals surface area contributed by atoms with Gasteiger partial charge >= 0.3 is 0 Å². The number of piperazine rings is 1. The molecule has 1 aromatic carbocycles. The zero-order valence-electron chi connectivity index (χ0n) is 16.4. The molecule has 0 atom stereocenters. The van der Waals surface area contributed by atoms with Gasteiger partial charge in [0.15, 0.2) is 5.96 Å². The predicted octanol–water partition coefficient (Wildman–Crippen LogP) is 2.33. The van der Waals surface area contributed by atoms with Crippen LogP contribution in [0.3, 0.4) is 0 Å². The van der Waals surface area contributed by atoms with E-state index in [0.29, 0.717) is 13.2 Å². The van der Waals surface area contributed by atoms with Crippen LogP contribution in [0.4, 0.5) is 5.95 Å². The highest BCUT2D eigenvalue weighted by molar-refractivity contribution is 5.80. The highest BCUT2D eigenvalue weighted by atomic mass is 16.5. The summed E-state index contributed by atoms with van der Waals surface area (Å²) in [6.07, 6.45) is 5.32. The van der Waals surface area contributed by atoms with E-state index in [1.54, 1.807) is 18.5 Å². The van der Waals surface area contributed by atoms with Gasteiger partial charge in [-0.2, -0.15) is 0 Å². The number of benzene rings is 1. The summed E-state index contributed by atoms with van der Waals surface area (Å²) in [4.78, 5) is 18.0. The van der Waals surface area contributed by atoms with Crippen LogP contribution < -0.4 is 15.0 Å². The van der Waals surface area contributed by atoms with Crippen molar-refractivity contribution >= 4 is 11.9 Å². The normalized spacial score (nSPS) is 14.7. The molecule has 2 heterocycles. The highest BCUT2D eigenvalue weighted by Gasteiger charge is 2.21. The van der Waals surface area contributed by atoms with E-state index >= 15 is 0 Å². The second-order valence-corrected chi connectivity index (χ2v) is 6.40. The van der Waals surface area contributed by atoms with Gasteiger partial charge in [0.2, 0.25) is 5.95 Å². The molecule has 0 spiro atoms. The molecule has 148 valence electrons. The molecule has 3 rings (SSSR count). The van der Waals surface area contributed by atoms with Gasteiger partial charge in [-0.3, -0.25) is 0 Å². The average Bonchev–Trinajstić information content (AvgIpc) is 2.76. The summed E-state index contributed by atoms with van der Waals surface area (Å²) in [6.45, 7) is 11.2. The van der Waals surface area contributed by atoms with Crippen molar-refractivity contribution in [3.8, 4) is 5.75 Å². The van der Waals surface area contributed by atoms with E-state index in [-0.39, 0.29) is 0 Å². The number of para-hydroxylation sites is 1. The Balaban J connectivity index is 1.65. The van der Waals surface area contributed by atoms with Crippen molar-refractivity contribution < 1.29 is 4.74 Å². The largest absolute Gasteiger partial charge is 0.489 e. The standard InChI is InChI=1S/C21H28N6O/c1-3-16-28-19-9-6-5-8-18(19)17-25-20(22-4-2)26-12-14-27(15-13-26)21-23-10-7-11-24-21/h3,5-11H,1,4,12-17H2,2H3,(H,22,25). The maximum Gasteiger partial charge on any atom is 0.225 e. The Hall–Kier alpha value is -3.09. The molecule has 0 aliphatic carbocycles. The first-order valence-corrected chi connectivity index (χ1v) is 9.68. The van der Waals surface area contributed by atoms with Crippen LogP contribution in [-0.2, 0) is 6.54 Å². The molecule has 1 N–H and O–H groups in total. The monoisotopic (exact) mass is 380 g/mol. The van der Waals surface area contributed by atoms with Crippen molar-refractivity contribution in [3.05, 3.63) is 60.9 Å². The van der Waals surface area contributed by atoms with E-state index in [9.17, 15) is 0 Å². The van der Waals surface area contributed by atoms with E-state index in [2.05, 4.69) is 44.7 Å². The van der Waals surface area contributed by atoms with Gasteiger partial charge in [0.25, 0.3) is 0 Å². The Kier molecular flexibility index (Phi) is 7.23. The number of rotatable bonds is 7. The second kappa shape index (κ2) is 10.3. The Bertz CT molecular complexity index is 771. The fourth-order valence-electron chi connectivity index (χ4n) is 3.08. The topological polar surface area (TPSA) is 65.9 Å². The molecule has 1 saturated heterocycles. The molecule has 1 aliphatic rings. The van der Waals surface area contributed by atoms with Gasteiger partial charge in [0.1, 0.15) is 12.4 Å². The SMILES string of the molecule is C=CCOc1ccccc1CN=C(NCC)N1CCN(c2ncccn2)CC1. The Morgan fingerprint density at radius 1 is 1.18 bits per heavy atom. The Morgan fingerprint density at radius 3 is 2.64 bits per heavy atom. The van der Waals surface area contributed by atoms with Crippen LogP contribution in [0.25, 0.3) is 0 Å². The van der Waals surface area contributed by atoms with Crippen molar-refractivity contribution in [1.29, 1.82) is 0 Å². The second-order valence-electron chi connectivity index (χ2n) is 6.40. The van der Waals surface area contributed by atoms with Crippen LogP contribution >= 0.6 is 0 Å². The first-order chi connectivity index (χ1) is 13.8. The summed E-state index contributed by atoms with van der Waals surface area (Å²) in [5.41, 5.74) is 1.07. The maximum atomic E-state index is 5.75. The lowest BCUT2D eigenvalue weighted by atomic mass is 10.2. The third-order valence-corrected chi connectivity index (χ3v) is 4.48. The Labute approximate surface area is 166 Å². The number of hydrogen-bond acceptors (Lipinski definition) is 5. The van der Waals surface area contributed by atoms with E-state index < -0.39 is 0 Å². The van der Waals surface area contributed by atoms with Crippen LogP contribution in [0, 0.1) is 0 Å². The summed E-state index contributed by atoms with van der Waals surface area (Å²) < 4.78 is 5.75. The number of aromatic nitrogens is 2.